The van der Waals surface area contributed by atoms with E-state index in [0.717, 1.165) is 5.39 Å². The lowest BCUT2D eigenvalue weighted by molar-refractivity contribution is -0.0499. The zero-order valence-corrected chi connectivity index (χ0v) is 16.3. The van der Waals surface area contributed by atoms with Gasteiger partial charge < -0.3 is 4.18 Å². The predicted molar refractivity (Wildman–Crippen MR) is 100 cm³/mol. The molecule has 3 aromatic rings. The fraction of sp³-hybridized carbons (Fsp3) is 0.118. The van der Waals surface area contributed by atoms with Crippen molar-refractivity contribution < 1.29 is 38.7 Å². The van der Waals surface area contributed by atoms with Gasteiger partial charge in [0.2, 0.25) is 0 Å². The van der Waals surface area contributed by atoms with Crippen LogP contribution in [-0.4, -0.2) is 38.1 Å². The lowest BCUT2D eigenvalue weighted by Gasteiger charge is -2.14. The number of alkyl halides is 3. The second kappa shape index (κ2) is 8.35. The number of halogens is 3. The first-order chi connectivity index (χ1) is 13.3. The number of aromatic nitrogens is 1. The number of hydrogen-bond donors (Lipinski definition) is 1. The SMILES string of the molecule is CS(=O)(=O)O.O=S(=O)(Oc1ccccc1-c1cccc2cccnc12)C(F)(F)F. The van der Waals surface area contributed by atoms with Gasteiger partial charge in [0.05, 0.1) is 11.8 Å². The third-order valence-electron chi connectivity index (χ3n) is 3.29. The first-order valence-electron chi connectivity index (χ1n) is 7.66. The Kier molecular flexibility index (Phi) is 6.50. The first-order valence-corrected chi connectivity index (χ1v) is 10.9. The summed E-state index contributed by atoms with van der Waals surface area (Å²) in [6, 6.07) is 14.3. The molecule has 1 N–H and O–H groups in total. The second-order valence-electron chi connectivity index (χ2n) is 5.59. The third kappa shape index (κ3) is 6.14. The van der Waals surface area contributed by atoms with Crippen molar-refractivity contribution in [1.29, 1.82) is 0 Å². The molecule has 0 radical (unpaired) electrons. The summed E-state index contributed by atoms with van der Waals surface area (Å²) < 4.78 is 90.5. The minimum absolute atomic E-state index is 0.203. The van der Waals surface area contributed by atoms with Crippen molar-refractivity contribution in [2.75, 3.05) is 6.26 Å². The molecule has 0 spiro atoms. The largest absolute Gasteiger partial charge is 0.534 e. The zero-order chi connectivity index (χ0) is 21.9. The van der Waals surface area contributed by atoms with Crippen molar-refractivity contribution in [3.05, 3.63) is 60.8 Å². The predicted octanol–water partition coefficient (Wildman–Crippen LogP) is 3.63. The molecular weight excluding hydrogens is 435 g/mol. The molecule has 1 aromatic heterocycles. The number of para-hydroxylation sites is 2. The molecule has 2 aromatic carbocycles. The molecule has 29 heavy (non-hydrogen) atoms. The lowest BCUT2D eigenvalue weighted by Crippen LogP contribution is -2.28. The Morgan fingerprint density at radius 2 is 1.45 bits per heavy atom. The third-order valence-corrected chi connectivity index (χ3v) is 4.26. The Bertz CT molecular complexity index is 1210. The van der Waals surface area contributed by atoms with Gasteiger partial charge >= 0.3 is 15.6 Å². The molecule has 3 rings (SSSR count). The average molecular weight is 449 g/mol. The standard InChI is InChI=1S/C16H10F3NO3S.CH4O3S/c17-16(18,19)24(21,22)23-14-9-2-1-7-12(14)13-8-3-5-11-6-4-10-20-15(11)13;1-5(2,3)4/h1-10H;1H3,(H,2,3,4). The van der Waals surface area contributed by atoms with Crippen LogP contribution in [0.25, 0.3) is 22.0 Å². The van der Waals surface area contributed by atoms with E-state index in [1.165, 1.54) is 18.2 Å². The molecule has 12 heteroatoms. The molecule has 0 aliphatic rings. The molecule has 0 amide bonds. The van der Waals surface area contributed by atoms with Crippen LogP contribution in [0.2, 0.25) is 0 Å². The highest BCUT2D eigenvalue weighted by molar-refractivity contribution is 7.88. The number of rotatable bonds is 3. The quantitative estimate of drug-likeness (QED) is 0.369. The maximum Gasteiger partial charge on any atom is 0.534 e. The van der Waals surface area contributed by atoms with Gasteiger partial charge in [-0.2, -0.15) is 30.0 Å². The van der Waals surface area contributed by atoms with E-state index in [0.29, 0.717) is 17.3 Å². The van der Waals surface area contributed by atoms with Crippen LogP contribution in [0.5, 0.6) is 5.75 Å². The summed E-state index contributed by atoms with van der Waals surface area (Å²) in [5.41, 5.74) is -4.30. The Morgan fingerprint density at radius 1 is 0.897 bits per heavy atom. The second-order valence-corrected chi connectivity index (χ2v) is 8.60. The summed E-state index contributed by atoms with van der Waals surface area (Å²) in [6.07, 6.45) is 2.26. The van der Waals surface area contributed by atoms with E-state index < -0.39 is 31.5 Å². The molecular formula is C17H14F3NO6S2. The van der Waals surface area contributed by atoms with Crippen LogP contribution in [-0.2, 0) is 20.2 Å². The van der Waals surface area contributed by atoms with Gasteiger partial charge in [0.1, 0.15) is 0 Å². The minimum Gasteiger partial charge on any atom is -0.375 e. The van der Waals surface area contributed by atoms with Crippen LogP contribution in [0.1, 0.15) is 0 Å². The van der Waals surface area contributed by atoms with Gasteiger partial charge in [-0.25, -0.2) is 0 Å². The Hall–Kier alpha value is -2.70. The summed E-state index contributed by atoms with van der Waals surface area (Å²) in [5, 5.41) is 0.767. The molecule has 0 atom stereocenters. The van der Waals surface area contributed by atoms with Gasteiger partial charge in [-0.3, -0.25) is 9.54 Å². The zero-order valence-electron chi connectivity index (χ0n) is 14.7. The number of fused-ring (bicyclic) bond motifs is 1. The van der Waals surface area contributed by atoms with E-state index in [4.69, 9.17) is 4.55 Å². The van der Waals surface area contributed by atoms with Crippen LogP contribution in [0.3, 0.4) is 0 Å². The highest BCUT2D eigenvalue weighted by Gasteiger charge is 2.48. The molecule has 0 saturated carbocycles. The topological polar surface area (TPSA) is 111 Å². The van der Waals surface area contributed by atoms with Crippen molar-refractivity contribution in [3.63, 3.8) is 0 Å². The van der Waals surface area contributed by atoms with Gasteiger partial charge in [-0.1, -0.05) is 42.5 Å². The van der Waals surface area contributed by atoms with Crippen LogP contribution < -0.4 is 4.18 Å². The number of nitrogens with zero attached hydrogens (tertiary/aromatic N) is 1. The Balaban J connectivity index is 0.000000537. The fourth-order valence-electron chi connectivity index (χ4n) is 2.25. The van der Waals surface area contributed by atoms with Crippen LogP contribution in [0.15, 0.2) is 60.8 Å². The van der Waals surface area contributed by atoms with Crippen molar-refractivity contribution >= 4 is 31.1 Å². The van der Waals surface area contributed by atoms with E-state index in [2.05, 4.69) is 9.17 Å². The van der Waals surface area contributed by atoms with E-state index >= 15 is 0 Å². The van der Waals surface area contributed by atoms with E-state index in [1.807, 2.05) is 0 Å². The molecule has 7 nitrogen and oxygen atoms in total. The van der Waals surface area contributed by atoms with Gasteiger partial charge in [0.25, 0.3) is 10.1 Å². The summed E-state index contributed by atoms with van der Waals surface area (Å²) >= 11 is 0. The Labute approximate surface area is 164 Å². The monoisotopic (exact) mass is 449 g/mol. The Morgan fingerprint density at radius 3 is 2.07 bits per heavy atom. The number of benzene rings is 2. The highest BCUT2D eigenvalue weighted by atomic mass is 32.2. The number of hydrogen-bond acceptors (Lipinski definition) is 6. The van der Waals surface area contributed by atoms with Crippen molar-refractivity contribution in [2.45, 2.75) is 5.51 Å². The molecule has 0 fully saturated rings. The van der Waals surface area contributed by atoms with E-state index in [9.17, 15) is 30.0 Å². The molecule has 0 unspecified atom stereocenters. The lowest BCUT2D eigenvalue weighted by atomic mass is 10.0. The molecule has 0 bridgehead atoms. The van der Waals surface area contributed by atoms with Crippen LogP contribution in [0.4, 0.5) is 13.2 Å². The molecule has 0 aliphatic carbocycles. The first kappa shape index (κ1) is 22.6. The van der Waals surface area contributed by atoms with E-state index in [-0.39, 0.29) is 5.56 Å². The van der Waals surface area contributed by atoms with Crippen LogP contribution >= 0.6 is 0 Å². The fourth-order valence-corrected chi connectivity index (χ4v) is 2.73. The normalized spacial score (nSPS) is 12.2. The minimum atomic E-state index is -5.75. The van der Waals surface area contributed by atoms with E-state index in [1.54, 1.807) is 42.6 Å². The molecule has 0 aliphatic heterocycles. The number of pyridine rings is 1. The summed E-state index contributed by atoms with van der Waals surface area (Å²) in [6.45, 7) is 0. The average Bonchev–Trinajstić information content (AvgIpc) is 2.59. The summed E-state index contributed by atoms with van der Waals surface area (Å²) in [4.78, 5) is 4.22. The maximum atomic E-state index is 12.6. The van der Waals surface area contributed by atoms with Crippen molar-refractivity contribution in [3.8, 4) is 16.9 Å². The summed E-state index contributed by atoms with van der Waals surface area (Å²) in [7, 11) is -9.42. The van der Waals surface area contributed by atoms with Crippen molar-refractivity contribution in [2.24, 2.45) is 0 Å². The van der Waals surface area contributed by atoms with Crippen LogP contribution in [0, 0.1) is 0 Å². The maximum absolute atomic E-state index is 12.6. The highest BCUT2D eigenvalue weighted by Crippen LogP contribution is 2.36. The van der Waals surface area contributed by atoms with Gasteiger partial charge in [-0.05, 0) is 12.1 Å². The summed E-state index contributed by atoms with van der Waals surface area (Å²) in [5.74, 6) is -0.409. The molecule has 1 heterocycles. The smallest absolute Gasteiger partial charge is 0.375 e. The van der Waals surface area contributed by atoms with Gasteiger partial charge in [0.15, 0.2) is 5.75 Å². The molecule has 156 valence electrons. The van der Waals surface area contributed by atoms with Gasteiger partial charge in [0, 0.05) is 22.7 Å². The van der Waals surface area contributed by atoms with Gasteiger partial charge in [-0.15, -0.1) is 0 Å². The molecule has 0 saturated heterocycles. The van der Waals surface area contributed by atoms with Crippen molar-refractivity contribution in [1.82, 2.24) is 4.98 Å².